The van der Waals surface area contributed by atoms with Crippen molar-refractivity contribution in [3.63, 3.8) is 0 Å². The molecule has 2 aliphatic rings. The van der Waals surface area contributed by atoms with Gasteiger partial charge in [-0.05, 0) is 63.9 Å². The average Bonchev–Trinajstić information content (AvgIpc) is 3.41. The molecule has 1 heterocycles. The summed E-state index contributed by atoms with van der Waals surface area (Å²) in [4.78, 5) is 26.7. The van der Waals surface area contributed by atoms with Gasteiger partial charge < -0.3 is 10.6 Å². The minimum absolute atomic E-state index is 0.0163. The summed E-state index contributed by atoms with van der Waals surface area (Å²) in [7, 11) is 0. The van der Waals surface area contributed by atoms with E-state index in [0.717, 1.165) is 37.3 Å². The Kier molecular flexibility index (Phi) is 5.51. The van der Waals surface area contributed by atoms with Crippen molar-refractivity contribution in [2.45, 2.75) is 51.5 Å². The van der Waals surface area contributed by atoms with Crippen molar-refractivity contribution in [1.82, 2.24) is 4.90 Å². The molecule has 1 saturated heterocycles. The summed E-state index contributed by atoms with van der Waals surface area (Å²) in [6, 6.07) is 7.27. The fraction of sp³-hybridized carbons (Fsp3) is 0.579. The van der Waals surface area contributed by atoms with Crippen LogP contribution >= 0.6 is 0 Å². The lowest BCUT2D eigenvalue weighted by Crippen LogP contribution is -2.42. The van der Waals surface area contributed by atoms with Gasteiger partial charge in [-0.15, -0.1) is 0 Å². The second-order valence-corrected chi connectivity index (χ2v) is 6.96. The molecule has 0 aromatic heterocycles. The minimum Gasteiger partial charge on any atom is -0.326 e. The predicted molar refractivity (Wildman–Crippen MR) is 95.9 cm³/mol. The Morgan fingerprint density at radius 2 is 1.67 bits per heavy atom. The van der Waals surface area contributed by atoms with E-state index >= 15 is 0 Å². The number of benzene rings is 1. The molecule has 0 radical (unpaired) electrons. The van der Waals surface area contributed by atoms with Gasteiger partial charge in [0.2, 0.25) is 11.8 Å². The molecule has 1 aliphatic carbocycles. The van der Waals surface area contributed by atoms with Crippen molar-refractivity contribution in [3.8, 4) is 0 Å². The van der Waals surface area contributed by atoms with Crippen molar-refractivity contribution < 1.29 is 9.59 Å². The van der Waals surface area contributed by atoms with Gasteiger partial charge in [0.1, 0.15) is 0 Å². The third-order valence-corrected chi connectivity index (χ3v) is 4.91. The van der Waals surface area contributed by atoms with Crippen LogP contribution < -0.4 is 10.6 Å². The van der Waals surface area contributed by atoms with Gasteiger partial charge in [0.25, 0.3) is 0 Å². The van der Waals surface area contributed by atoms with Crippen LogP contribution in [0.25, 0.3) is 0 Å². The van der Waals surface area contributed by atoms with Gasteiger partial charge >= 0.3 is 0 Å². The Balaban J connectivity index is 1.57. The van der Waals surface area contributed by atoms with Crippen LogP contribution in [-0.2, 0) is 9.59 Å². The lowest BCUT2D eigenvalue weighted by atomic mass is 10.2. The smallest absolute Gasteiger partial charge is 0.241 e. The number of nitrogens with one attached hydrogen (secondary N) is 2. The second-order valence-electron chi connectivity index (χ2n) is 6.96. The zero-order valence-corrected chi connectivity index (χ0v) is 14.4. The molecule has 0 bridgehead atoms. The van der Waals surface area contributed by atoms with E-state index in [1.807, 2.05) is 31.2 Å². The first-order valence-electron chi connectivity index (χ1n) is 9.09. The Labute approximate surface area is 143 Å². The van der Waals surface area contributed by atoms with Gasteiger partial charge in [-0.3, -0.25) is 14.5 Å². The maximum absolute atomic E-state index is 12.5. The van der Waals surface area contributed by atoms with Crippen LogP contribution in [0.5, 0.6) is 0 Å². The van der Waals surface area contributed by atoms with E-state index in [-0.39, 0.29) is 23.8 Å². The lowest BCUT2D eigenvalue weighted by Gasteiger charge is -2.26. The van der Waals surface area contributed by atoms with Gasteiger partial charge in [-0.25, -0.2) is 0 Å². The highest BCUT2D eigenvalue weighted by molar-refractivity contribution is 5.97. The first-order valence-corrected chi connectivity index (χ1v) is 9.09. The van der Waals surface area contributed by atoms with Crippen molar-refractivity contribution >= 4 is 23.2 Å². The molecular formula is C19H27N3O2. The standard InChI is InChI=1S/C19H27N3O2/c1-14(22-11-4-2-3-5-12-22)18(23)20-16-7-6-8-17(13-16)21-19(24)15-9-10-15/h6-8,13-15H,2-5,9-12H2,1H3,(H,20,23)(H,21,24)/t14-/m1/s1. The first-order chi connectivity index (χ1) is 11.6. The molecule has 1 aromatic carbocycles. The summed E-state index contributed by atoms with van der Waals surface area (Å²) in [6.45, 7) is 3.96. The number of rotatable bonds is 5. The number of hydrogen-bond donors (Lipinski definition) is 2. The molecule has 130 valence electrons. The fourth-order valence-electron chi connectivity index (χ4n) is 3.16. The molecule has 1 saturated carbocycles. The third kappa shape index (κ3) is 4.57. The molecule has 1 atom stereocenters. The quantitative estimate of drug-likeness (QED) is 0.872. The molecule has 5 heteroatoms. The number of hydrogen-bond acceptors (Lipinski definition) is 3. The topological polar surface area (TPSA) is 61.4 Å². The molecule has 5 nitrogen and oxygen atoms in total. The van der Waals surface area contributed by atoms with Gasteiger partial charge in [-0.1, -0.05) is 18.9 Å². The number of likely N-dealkylation sites (tertiary alicyclic amines) is 1. The van der Waals surface area contributed by atoms with Crippen LogP contribution in [0.4, 0.5) is 11.4 Å². The number of carbonyl (C=O) groups is 2. The molecular weight excluding hydrogens is 302 g/mol. The summed E-state index contributed by atoms with van der Waals surface area (Å²) in [5.41, 5.74) is 1.47. The number of anilines is 2. The van der Waals surface area contributed by atoms with Crippen molar-refractivity contribution in [2.75, 3.05) is 23.7 Å². The Morgan fingerprint density at radius 3 is 2.29 bits per heavy atom. The Bertz CT molecular complexity index is 590. The molecule has 1 aliphatic heterocycles. The van der Waals surface area contributed by atoms with E-state index in [1.165, 1.54) is 25.7 Å². The van der Waals surface area contributed by atoms with E-state index in [9.17, 15) is 9.59 Å². The molecule has 0 spiro atoms. The molecule has 3 rings (SSSR count). The molecule has 2 fully saturated rings. The maximum Gasteiger partial charge on any atom is 0.241 e. The SMILES string of the molecule is C[C@H](C(=O)Nc1cccc(NC(=O)C2CC2)c1)N1CCCCCC1. The van der Waals surface area contributed by atoms with Crippen LogP contribution in [0.3, 0.4) is 0 Å². The van der Waals surface area contributed by atoms with Crippen LogP contribution in [0, 0.1) is 5.92 Å². The monoisotopic (exact) mass is 329 g/mol. The zero-order chi connectivity index (χ0) is 16.9. The van der Waals surface area contributed by atoms with Gasteiger partial charge in [0.05, 0.1) is 6.04 Å². The van der Waals surface area contributed by atoms with Gasteiger partial charge in [0, 0.05) is 17.3 Å². The summed E-state index contributed by atoms with van der Waals surface area (Å²) >= 11 is 0. The van der Waals surface area contributed by atoms with E-state index in [4.69, 9.17) is 0 Å². The average molecular weight is 329 g/mol. The van der Waals surface area contributed by atoms with Crippen molar-refractivity contribution in [1.29, 1.82) is 0 Å². The summed E-state index contributed by atoms with van der Waals surface area (Å²) in [5, 5.41) is 5.90. The van der Waals surface area contributed by atoms with E-state index in [1.54, 1.807) is 0 Å². The number of carbonyl (C=O) groups excluding carboxylic acids is 2. The second kappa shape index (κ2) is 7.79. The Morgan fingerprint density at radius 1 is 1.04 bits per heavy atom. The highest BCUT2D eigenvalue weighted by Gasteiger charge is 2.29. The van der Waals surface area contributed by atoms with Crippen molar-refractivity contribution in [3.05, 3.63) is 24.3 Å². The highest BCUT2D eigenvalue weighted by Crippen LogP contribution is 2.30. The normalized spacial score (nSPS) is 20.0. The molecule has 2 N–H and O–H groups in total. The van der Waals surface area contributed by atoms with Crippen LogP contribution in [0.1, 0.15) is 45.4 Å². The molecule has 1 aromatic rings. The summed E-state index contributed by atoms with van der Waals surface area (Å²) in [5.74, 6) is 0.269. The predicted octanol–water partition coefficient (Wildman–Crippen LogP) is 3.24. The zero-order valence-electron chi connectivity index (χ0n) is 14.4. The van der Waals surface area contributed by atoms with Crippen LogP contribution in [-0.4, -0.2) is 35.8 Å². The molecule has 0 unspecified atom stereocenters. The van der Waals surface area contributed by atoms with E-state index < -0.39 is 0 Å². The maximum atomic E-state index is 12.5. The molecule has 2 amide bonds. The number of amides is 2. The van der Waals surface area contributed by atoms with Crippen molar-refractivity contribution in [2.24, 2.45) is 5.92 Å². The third-order valence-electron chi connectivity index (χ3n) is 4.91. The Hall–Kier alpha value is -1.88. The first kappa shape index (κ1) is 17.0. The van der Waals surface area contributed by atoms with E-state index in [0.29, 0.717) is 0 Å². The highest BCUT2D eigenvalue weighted by atomic mass is 16.2. The van der Waals surface area contributed by atoms with Crippen LogP contribution in [0.15, 0.2) is 24.3 Å². The molecule has 24 heavy (non-hydrogen) atoms. The van der Waals surface area contributed by atoms with Gasteiger partial charge in [-0.2, -0.15) is 0 Å². The largest absolute Gasteiger partial charge is 0.326 e. The fourth-order valence-corrected chi connectivity index (χ4v) is 3.16. The van der Waals surface area contributed by atoms with Gasteiger partial charge in [0.15, 0.2) is 0 Å². The number of nitrogens with zero attached hydrogens (tertiary/aromatic N) is 1. The summed E-state index contributed by atoms with van der Waals surface area (Å²) < 4.78 is 0. The minimum atomic E-state index is -0.132. The summed E-state index contributed by atoms with van der Waals surface area (Å²) in [6.07, 6.45) is 6.81. The lowest BCUT2D eigenvalue weighted by molar-refractivity contribution is -0.120. The van der Waals surface area contributed by atoms with E-state index in [2.05, 4.69) is 15.5 Å². The van der Waals surface area contributed by atoms with Crippen LogP contribution in [0.2, 0.25) is 0 Å².